The van der Waals surface area contributed by atoms with Crippen LogP contribution in [0.2, 0.25) is 0 Å². The van der Waals surface area contributed by atoms with Gasteiger partial charge in [0.05, 0.1) is 17.4 Å². The molecule has 6 nitrogen and oxygen atoms in total. The minimum atomic E-state index is 0. The van der Waals surface area contributed by atoms with Crippen molar-refractivity contribution in [2.24, 2.45) is 7.05 Å². The van der Waals surface area contributed by atoms with E-state index in [2.05, 4.69) is 45.0 Å². The SMILES string of the molecule is Cl.Cn1ccnc1C1CNCCN1Cc1ccn(-c2ccccc2)n1. The molecule has 1 unspecified atom stereocenters. The van der Waals surface area contributed by atoms with Gasteiger partial charge in [0.15, 0.2) is 0 Å². The van der Waals surface area contributed by atoms with Crippen molar-refractivity contribution in [2.45, 2.75) is 12.6 Å². The Morgan fingerprint density at radius 1 is 1.16 bits per heavy atom. The highest BCUT2D eigenvalue weighted by Gasteiger charge is 2.27. The standard InChI is InChI=1S/C18H22N6.ClH/c1-22-11-9-20-18(22)17-13-19-8-12-23(17)14-15-7-10-24(21-15)16-5-3-2-4-6-16;/h2-7,9-11,17,19H,8,12-14H2,1H3;1H. The van der Waals surface area contributed by atoms with Crippen LogP contribution in [0.4, 0.5) is 0 Å². The second-order valence-corrected chi connectivity index (χ2v) is 6.17. The molecular weight excluding hydrogens is 336 g/mol. The molecular formula is C18H23ClN6. The van der Waals surface area contributed by atoms with Gasteiger partial charge < -0.3 is 9.88 Å². The maximum atomic E-state index is 4.74. The molecule has 1 N–H and O–H groups in total. The van der Waals surface area contributed by atoms with Crippen molar-refractivity contribution in [1.29, 1.82) is 0 Å². The van der Waals surface area contributed by atoms with Gasteiger partial charge in [-0.25, -0.2) is 9.67 Å². The third kappa shape index (κ3) is 3.76. The van der Waals surface area contributed by atoms with Crippen molar-refractivity contribution < 1.29 is 0 Å². The van der Waals surface area contributed by atoms with E-state index in [-0.39, 0.29) is 18.4 Å². The average molecular weight is 359 g/mol. The molecule has 1 saturated heterocycles. The van der Waals surface area contributed by atoms with Gasteiger partial charge in [0, 0.05) is 51.8 Å². The molecule has 0 amide bonds. The van der Waals surface area contributed by atoms with Gasteiger partial charge >= 0.3 is 0 Å². The molecule has 132 valence electrons. The molecule has 0 aliphatic carbocycles. The van der Waals surface area contributed by atoms with Crippen LogP contribution in [-0.2, 0) is 13.6 Å². The molecule has 0 spiro atoms. The first kappa shape index (κ1) is 17.7. The Bertz CT molecular complexity index is 797. The van der Waals surface area contributed by atoms with E-state index in [1.807, 2.05) is 41.5 Å². The zero-order valence-electron chi connectivity index (χ0n) is 14.2. The lowest BCUT2D eigenvalue weighted by atomic mass is 10.1. The topological polar surface area (TPSA) is 50.9 Å². The number of nitrogens with zero attached hydrogens (tertiary/aromatic N) is 5. The van der Waals surface area contributed by atoms with Crippen molar-refractivity contribution in [3.63, 3.8) is 0 Å². The largest absolute Gasteiger partial charge is 0.337 e. The number of para-hydroxylation sites is 1. The van der Waals surface area contributed by atoms with Crippen molar-refractivity contribution in [2.75, 3.05) is 19.6 Å². The summed E-state index contributed by atoms with van der Waals surface area (Å²) < 4.78 is 4.04. The Kier molecular flexibility index (Phi) is 5.53. The monoisotopic (exact) mass is 358 g/mol. The van der Waals surface area contributed by atoms with Crippen LogP contribution in [0.1, 0.15) is 17.6 Å². The van der Waals surface area contributed by atoms with E-state index in [0.717, 1.165) is 43.4 Å². The van der Waals surface area contributed by atoms with E-state index in [1.165, 1.54) is 0 Å². The number of nitrogens with one attached hydrogen (secondary N) is 1. The van der Waals surface area contributed by atoms with Crippen LogP contribution in [0, 0.1) is 0 Å². The molecule has 1 aliphatic rings. The number of imidazole rings is 1. The Morgan fingerprint density at radius 3 is 2.76 bits per heavy atom. The van der Waals surface area contributed by atoms with Gasteiger partial charge in [-0.15, -0.1) is 12.4 Å². The summed E-state index contributed by atoms with van der Waals surface area (Å²) in [7, 11) is 2.05. The Labute approximate surface area is 153 Å². The smallest absolute Gasteiger partial charge is 0.127 e. The first-order valence-corrected chi connectivity index (χ1v) is 8.33. The molecule has 1 atom stereocenters. The number of benzene rings is 1. The first-order chi connectivity index (χ1) is 11.8. The fraction of sp³-hybridized carbons (Fsp3) is 0.333. The number of hydrogen-bond donors (Lipinski definition) is 1. The molecule has 1 aromatic carbocycles. The van der Waals surface area contributed by atoms with E-state index in [0.29, 0.717) is 0 Å². The molecule has 0 saturated carbocycles. The summed E-state index contributed by atoms with van der Waals surface area (Å²) in [4.78, 5) is 6.99. The molecule has 1 fully saturated rings. The zero-order valence-corrected chi connectivity index (χ0v) is 15.1. The molecule has 7 heteroatoms. The zero-order chi connectivity index (χ0) is 16.4. The number of halogens is 1. The summed E-state index contributed by atoms with van der Waals surface area (Å²) in [6.45, 7) is 3.75. The van der Waals surface area contributed by atoms with Gasteiger partial charge in [-0.1, -0.05) is 18.2 Å². The molecule has 25 heavy (non-hydrogen) atoms. The van der Waals surface area contributed by atoms with Crippen molar-refractivity contribution in [3.05, 3.63) is 66.5 Å². The molecule has 0 bridgehead atoms. The van der Waals surface area contributed by atoms with E-state index in [9.17, 15) is 0 Å². The van der Waals surface area contributed by atoms with E-state index >= 15 is 0 Å². The maximum absolute atomic E-state index is 4.74. The Morgan fingerprint density at radius 2 is 2.00 bits per heavy atom. The highest BCUT2D eigenvalue weighted by atomic mass is 35.5. The third-order valence-corrected chi connectivity index (χ3v) is 4.54. The third-order valence-electron chi connectivity index (χ3n) is 4.54. The molecule has 1 aliphatic heterocycles. The highest BCUT2D eigenvalue weighted by Crippen LogP contribution is 2.22. The average Bonchev–Trinajstić information content (AvgIpc) is 3.25. The highest BCUT2D eigenvalue weighted by molar-refractivity contribution is 5.85. The lowest BCUT2D eigenvalue weighted by Gasteiger charge is -2.35. The van der Waals surface area contributed by atoms with Crippen LogP contribution in [0.5, 0.6) is 0 Å². The lowest BCUT2D eigenvalue weighted by molar-refractivity contribution is 0.143. The lowest BCUT2D eigenvalue weighted by Crippen LogP contribution is -2.46. The van der Waals surface area contributed by atoms with Crippen molar-refractivity contribution in [3.8, 4) is 5.69 Å². The van der Waals surface area contributed by atoms with E-state index in [1.54, 1.807) is 0 Å². The number of piperazine rings is 1. The van der Waals surface area contributed by atoms with Gasteiger partial charge in [-0.2, -0.15) is 5.10 Å². The van der Waals surface area contributed by atoms with Gasteiger partial charge in [-0.05, 0) is 18.2 Å². The summed E-state index contributed by atoms with van der Waals surface area (Å²) in [5, 5.41) is 8.22. The summed E-state index contributed by atoms with van der Waals surface area (Å²) in [6, 6.07) is 12.6. The molecule has 4 rings (SSSR count). The fourth-order valence-corrected chi connectivity index (χ4v) is 3.27. The summed E-state index contributed by atoms with van der Waals surface area (Å²) in [6.07, 6.45) is 5.90. The predicted octanol–water partition coefficient (Wildman–Crippen LogP) is 2.17. The van der Waals surface area contributed by atoms with Gasteiger partial charge in [0.1, 0.15) is 5.82 Å². The molecule has 3 heterocycles. The molecule has 0 radical (unpaired) electrons. The predicted molar refractivity (Wildman–Crippen MR) is 100 cm³/mol. The van der Waals surface area contributed by atoms with E-state index in [4.69, 9.17) is 5.10 Å². The fourth-order valence-electron chi connectivity index (χ4n) is 3.27. The van der Waals surface area contributed by atoms with Crippen molar-refractivity contribution in [1.82, 2.24) is 29.5 Å². The van der Waals surface area contributed by atoms with Crippen LogP contribution in [-0.4, -0.2) is 43.9 Å². The minimum absolute atomic E-state index is 0. The van der Waals surface area contributed by atoms with Gasteiger partial charge in [0.25, 0.3) is 0 Å². The summed E-state index contributed by atoms with van der Waals surface area (Å²) in [5.74, 6) is 1.10. The van der Waals surface area contributed by atoms with Gasteiger partial charge in [0.2, 0.25) is 0 Å². The second-order valence-electron chi connectivity index (χ2n) is 6.17. The van der Waals surface area contributed by atoms with Crippen LogP contribution in [0.25, 0.3) is 5.69 Å². The normalized spacial score (nSPS) is 18.0. The van der Waals surface area contributed by atoms with Crippen molar-refractivity contribution >= 4 is 12.4 Å². The molecule has 2 aromatic heterocycles. The van der Waals surface area contributed by atoms with Crippen LogP contribution >= 0.6 is 12.4 Å². The van der Waals surface area contributed by atoms with Crippen LogP contribution < -0.4 is 5.32 Å². The van der Waals surface area contributed by atoms with Crippen LogP contribution in [0.15, 0.2) is 55.0 Å². The number of hydrogen-bond acceptors (Lipinski definition) is 4. The second kappa shape index (κ2) is 7.82. The summed E-state index contributed by atoms with van der Waals surface area (Å²) >= 11 is 0. The number of rotatable bonds is 4. The van der Waals surface area contributed by atoms with Crippen LogP contribution in [0.3, 0.4) is 0 Å². The number of aromatic nitrogens is 4. The summed E-state index contributed by atoms with van der Waals surface area (Å²) in [5.41, 5.74) is 2.17. The Balaban J connectivity index is 0.00000182. The molecule has 3 aromatic rings. The van der Waals surface area contributed by atoms with E-state index < -0.39 is 0 Å². The minimum Gasteiger partial charge on any atom is -0.337 e. The maximum Gasteiger partial charge on any atom is 0.127 e. The Hall–Kier alpha value is -2.15. The first-order valence-electron chi connectivity index (χ1n) is 8.33. The number of aryl methyl sites for hydroxylation is 1. The van der Waals surface area contributed by atoms with Gasteiger partial charge in [-0.3, -0.25) is 4.90 Å². The quantitative estimate of drug-likeness (QED) is 0.776.